The van der Waals surface area contributed by atoms with Gasteiger partial charge in [-0.3, -0.25) is 4.79 Å². The molecule has 2 N–H and O–H groups in total. The molecular formula is C18H24N6OS. The van der Waals surface area contributed by atoms with Crippen LogP contribution >= 0.6 is 11.3 Å². The number of rotatable bonds is 2. The van der Waals surface area contributed by atoms with E-state index in [1.807, 2.05) is 37.0 Å². The Morgan fingerprint density at radius 3 is 2.85 bits per heavy atom. The smallest absolute Gasteiger partial charge is 0.265 e. The van der Waals surface area contributed by atoms with Gasteiger partial charge in [0.1, 0.15) is 4.88 Å². The number of nitrogens with zero attached hydrogens (tertiary/aromatic N) is 5. The summed E-state index contributed by atoms with van der Waals surface area (Å²) in [5, 5.41) is 0.451. The van der Waals surface area contributed by atoms with Crippen molar-refractivity contribution >= 4 is 28.3 Å². The van der Waals surface area contributed by atoms with Crippen LogP contribution in [0.1, 0.15) is 45.9 Å². The molecule has 1 unspecified atom stereocenters. The molecule has 138 valence electrons. The zero-order valence-electron chi connectivity index (χ0n) is 15.4. The number of carbonyl (C=O) groups excluding carboxylic acids is 1. The van der Waals surface area contributed by atoms with Gasteiger partial charge in [-0.1, -0.05) is 11.3 Å². The van der Waals surface area contributed by atoms with E-state index in [4.69, 9.17) is 10.7 Å². The SMILES string of the molecule is Cc1nc(N)sc1C(=O)N1CCCC2(CCc3cnc(N(C)C)nc32)C1. The third-order valence-electron chi connectivity index (χ3n) is 5.50. The minimum atomic E-state index is -0.0545. The van der Waals surface area contributed by atoms with Crippen LogP contribution in [0.5, 0.6) is 0 Å². The lowest BCUT2D eigenvalue weighted by atomic mass is 9.77. The third kappa shape index (κ3) is 2.72. The Morgan fingerprint density at radius 2 is 2.15 bits per heavy atom. The van der Waals surface area contributed by atoms with E-state index in [0.717, 1.165) is 49.6 Å². The van der Waals surface area contributed by atoms with E-state index in [9.17, 15) is 4.79 Å². The van der Waals surface area contributed by atoms with E-state index >= 15 is 0 Å². The molecule has 1 saturated heterocycles. The van der Waals surface area contributed by atoms with Crippen molar-refractivity contribution in [3.05, 3.63) is 28.0 Å². The minimum Gasteiger partial charge on any atom is -0.375 e. The van der Waals surface area contributed by atoms with Crippen molar-refractivity contribution in [1.29, 1.82) is 0 Å². The number of hydrogen-bond donors (Lipinski definition) is 1. The molecule has 1 aliphatic heterocycles. The molecule has 4 rings (SSSR count). The molecule has 1 aliphatic carbocycles. The summed E-state index contributed by atoms with van der Waals surface area (Å²) in [5.74, 6) is 0.783. The highest BCUT2D eigenvalue weighted by molar-refractivity contribution is 7.17. The van der Waals surface area contributed by atoms with E-state index < -0.39 is 0 Å². The van der Waals surface area contributed by atoms with E-state index in [-0.39, 0.29) is 11.3 Å². The third-order valence-corrected chi connectivity index (χ3v) is 6.47. The summed E-state index contributed by atoms with van der Waals surface area (Å²) in [5.41, 5.74) is 8.81. The number of hydrogen-bond acceptors (Lipinski definition) is 7. The summed E-state index contributed by atoms with van der Waals surface area (Å²) >= 11 is 1.28. The van der Waals surface area contributed by atoms with Crippen LogP contribution in [0.4, 0.5) is 11.1 Å². The molecule has 26 heavy (non-hydrogen) atoms. The van der Waals surface area contributed by atoms with Crippen molar-refractivity contribution in [3.63, 3.8) is 0 Å². The van der Waals surface area contributed by atoms with E-state index in [1.54, 1.807) is 0 Å². The molecule has 7 nitrogen and oxygen atoms in total. The molecule has 2 aromatic rings. The molecule has 0 saturated carbocycles. The highest BCUT2D eigenvalue weighted by Gasteiger charge is 2.45. The summed E-state index contributed by atoms with van der Waals surface area (Å²) < 4.78 is 0. The zero-order chi connectivity index (χ0) is 18.5. The molecular weight excluding hydrogens is 348 g/mol. The van der Waals surface area contributed by atoms with Crippen LogP contribution in [-0.2, 0) is 11.8 Å². The van der Waals surface area contributed by atoms with Gasteiger partial charge < -0.3 is 15.5 Å². The fourth-order valence-electron chi connectivity index (χ4n) is 4.21. The van der Waals surface area contributed by atoms with Gasteiger partial charge in [0.2, 0.25) is 5.95 Å². The van der Waals surface area contributed by atoms with Crippen LogP contribution < -0.4 is 10.6 Å². The topological polar surface area (TPSA) is 88.2 Å². The van der Waals surface area contributed by atoms with Gasteiger partial charge >= 0.3 is 0 Å². The number of fused-ring (bicyclic) bond motifs is 2. The Hall–Kier alpha value is -2.22. The van der Waals surface area contributed by atoms with Crippen molar-refractivity contribution in [2.75, 3.05) is 37.8 Å². The highest BCUT2D eigenvalue weighted by atomic mass is 32.1. The van der Waals surface area contributed by atoms with Gasteiger partial charge in [0.25, 0.3) is 5.91 Å². The molecule has 0 bridgehead atoms. The quantitative estimate of drug-likeness (QED) is 0.867. The van der Waals surface area contributed by atoms with Crippen LogP contribution in [0.2, 0.25) is 0 Å². The molecule has 1 amide bonds. The molecule has 2 aliphatic rings. The lowest BCUT2D eigenvalue weighted by Gasteiger charge is -2.40. The number of aromatic nitrogens is 3. The Bertz CT molecular complexity index is 859. The van der Waals surface area contributed by atoms with Gasteiger partial charge in [-0.15, -0.1) is 0 Å². The average molecular weight is 372 g/mol. The van der Waals surface area contributed by atoms with Crippen LogP contribution in [0.15, 0.2) is 6.20 Å². The summed E-state index contributed by atoms with van der Waals surface area (Å²) in [6, 6.07) is 0. The second-order valence-electron chi connectivity index (χ2n) is 7.52. The van der Waals surface area contributed by atoms with Gasteiger partial charge in [-0.05, 0) is 38.2 Å². The maximum Gasteiger partial charge on any atom is 0.265 e. The van der Waals surface area contributed by atoms with Gasteiger partial charge in [0.15, 0.2) is 5.13 Å². The van der Waals surface area contributed by atoms with E-state index in [2.05, 4.69) is 9.97 Å². The maximum atomic E-state index is 13.1. The molecule has 8 heteroatoms. The Kier molecular flexibility index (Phi) is 4.10. The second-order valence-corrected chi connectivity index (χ2v) is 8.55. The first-order chi connectivity index (χ1) is 12.4. The monoisotopic (exact) mass is 372 g/mol. The second kappa shape index (κ2) is 6.19. The summed E-state index contributed by atoms with van der Waals surface area (Å²) in [7, 11) is 3.91. The standard InChI is InChI=1S/C18H24N6OS/c1-11-13(26-16(19)21-11)15(25)24-8-4-6-18(10-24)7-5-12-9-20-17(23(2)3)22-14(12)18/h9H,4-8,10H2,1-3H3,(H2,19,21). The first-order valence-electron chi connectivity index (χ1n) is 8.95. The largest absolute Gasteiger partial charge is 0.375 e. The van der Waals surface area contributed by atoms with Crippen LogP contribution in [0, 0.1) is 6.92 Å². The average Bonchev–Trinajstić information content (AvgIpc) is 3.14. The van der Waals surface area contributed by atoms with Crippen molar-refractivity contribution in [2.45, 2.75) is 38.0 Å². The van der Waals surface area contributed by atoms with Crippen molar-refractivity contribution in [2.24, 2.45) is 0 Å². The normalized spacial score (nSPS) is 21.9. The summed E-state index contributed by atoms with van der Waals surface area (Å²) in [4.78, 5) is 31.2. The lowest BCUT2D eigenvalue weighted by molar-refractivity contribution is 0.0637. The number of nitrogen functional groups attached to an aromatic ring is 1. The zero-order valence-corrected chi connectivity index (χ0v) is 16.3. The number of likely N-dealkylation sites (tertiary alicyclic amines) is 1. The molecule has 1 fully saturated rings. The molecule has 0 radical (unpaired) electrons. The predicted octanol–water partition coefficient (Wildman–Crippen LogP) is 2.01. The summed E-state index contributed by atoms with van der Waals surface area (Å²) in [6.45, 7) is 3.33. The van der Waals surface area contributed by atoms with Gasteiger partial charge in [0.05, 0.1) is 11.4 Å². The molecule has 1 spiro atoms. The van der Waals surface area contributed by atoms with Crippen molar-refractivity contribution in [3.8, 4) is 0 Å². The van der Waals surface area contributed by atoms with Crippen LogP contribution in [-0.4, -0.2) is 52.9 Å². The maximum absolute atomic E-state index is 13.1. The first-order valence-corrected chi connectivity index (χ1v) is 9.77. The van der Waals surface area contributed by atoms with Gasteiger partial charge in [-0.2, -0.15) is 0 Å². The molecule has 1 atom stereocenters. The number of thiazole rings is 1. The molecule has 0 aromatic carbocycles. The Labute approximate surface area is 157 Å². The van der Waals surface area contributed by atoms with Crippen LogP contribution in [0.3, 0.4) is 0 Å². The Balaban J connectivity index is 1.65. The number of aryl methyl sites for hydroxylation is 2. The molecule has 3 heterocycles. The first kappa shape index (κ1) is 17.2. The van der Waals surface area contributed by atoms with Gasteiger partial charge in [-0.25, -0.2) is 15.0 Å². The lowest BCUT2D eigenvalue weighted by Crippen LogP contribution is -2.48. The predicted molar refractivity (Wildman–Crippen MR) is 103 cm³/mol. The number of piperidine rings is 1. The number of nitrogens with two attached hydrogens (primary N) is 1. The highest BCUT2D eigenvalue weighted by Crippen LogP contribution is 2.44. The fourth-order valence-corrected chi connectivity index (χ4v) is 5.01. The van der Waals surface area contributed by atoms with Crippen LogP contribution in [0.25, 0.3) is 0 Å². The number of amides is 1. The van der Waals surface area contributed by atoms with Crippen molar-refractivity contribution in [1.82, 2.24) is 19.9 Å². The number of carbonyl (C=O) groups is 1. The van der Waals surface area contributed by atoms with E-state index in [0.29, 0.717) is 16.6 Å². The van der Waals surface area contributed by atoms with E-state index in [1.165, 1.54) is 16.9 Å². The van der Waals surface area contributed by atoms with Gasteiger partial charge in [0, 0.05) is 38.8 Å². The Morgan fingerprint density at radius 1 is 1.35 bits per heavy atom. The molecule has 2 aromatic heterocycles. The summed E-state index contributed by atoms with van der Waals surface area (Å²) in [6.07, 6.45) is 6.03. The minimum absolute atomic E-state index is 0.0473. The number of anilines is 2. The van der Waals surface area contributed by atoms with Crippen molar-refractivity contribution < 1.29 is 4.79 Å². The fraction of sp³-hybridized carbons (Fsp3) is 0.556.